The molecular formula is C14H11F3N2O. The molecule has 6 heteroatoms. The SMILES string of the molecule is O=C(CNc1c(F)cc(F)cc1F)Nc1ccccc1. The van der Waals surface area contributed by atoms with Crippen molar-refractivity contribution >= 4 is 17.3 Å². The summed E-state index contributed by atoms with van der Waals surface area (Å²) in [6.07, 6.45) is 0. The van der Waals surface area contributed by atoms with E-state index in [1.165, 1.54) is 0 Å². The Morgan fingerprint density at radius 2 is 1.60 bits per heavy atom. The summed E-state index contributed by atoms with van der Waals surface area (Å²) in [5.74, 6) is -3.66. The maximum Gasteiger partial charge on any atom is 0.243 e. The van der Waals surface area contributed by atoms with Crippen LogP contribution in [0.1, 0.15) is 0 Å². The fraction of sp³-hybridized carbons (Fsp3) is 0.0714. The molecular weight excluding hydrogens is 269 g/mol. The minimum absolute atomic E-state index is 0.339. The lowest BCUT2D eigenvalue weighted by atomic mass is 10.2. The molecule has 0 aliphatic heterocycles. The van der Waals surface area contributed by atoms with E-state index in [0.29, 0.717) is 17.8 Å². The molecule has 0 aliphatic rings. The van der Waals surface area contributed by atoms with Crippen LogP contribution in [0.15, 0.2) is 42.5 Å². The molecule has 2 aromatic rings. The average Bonchev–Trinajstić information content (AvgIpc) is 2.38. The lowest BCUT2D eigenvalue weighted by Crippen LogP contribution is -2.22. The van der Waals surface area contributed by atoms with Crippen molar-refractivity contribution in [3.63, 3.8) is 0 Å². The minimum Gasteiger partial charge on any atom is -0.371 e. The first kappa shape index (κ1) is 13.9. The van der Waals surface area contributed by atoms with E-state index < -0.39 is 29.0 Å². The van der Waals surface area contributed by atoms with Gasteiger partial charge in [0.05, 0.1) is 6.54 Å². The van der Waals surface area contributed by atoms with E-state index in [-0.39, 0.29) is 6.54 Å². The van der Waals surface area contributed by atoms with Crippen molar-refractivity contribution in [3.8, 4) is 0 Å². The van der Waals surface area contributed by atoms with E-state index in [1.54, 1.807) is 30.3 Å². The van der Waals surface area contributed by atoms with Gasteiger partial charge in [-0.05, 0) is 12.1 Å². The number of amides is 1. The number of hydrogen-bond donors (Lipinski definition) is 2. The summed E-state index contributed by atoms with van der Waals surface area (Å²) in [6, 6.07) is 9.71. The van der Waals surface area contributed by atoms with Gasteiger partial charge < -0.3 is 10.6 Å². The zero-order valence-electron chi connectivity index (χ0n) is 10.3. The fourth-order valence-corrected chi connectivity index (χ4v) is 1.61. The summed E-state index contributed by atoms with van der Waals surface area (Å²) >= 11 is 0. The highest BCUT2D eigenvalue weighted by atomic mass is 19.1. The van der Waals surface area contributed by atoms with Crippen LogP contribution >= 0.6 is 0 Å². The van der Waals surface area contributed by atoms with Crippen LogP contribution in [0.25, 0.3) is 0 Å². The number of halogens is 3. The Bertz CT molecular complexity index is 594. The lowest BCUT2D eigenvalue weighted by Gasteiger charge is -2.09. The van der Waals surface area contributed by atoms with Crippen LogP contribution in [0, 0.1) is 17.5 Å². The second-order valence-corrected chi connectivity index (χ2v) is 4.01. The van der Waals surface area contributed by atoms with Crippen LogP contribution in [0.3, 0.4) is 0 Å². The monoisotopic (exact) mass is 280 g/mol. The Morgan fingerprint density at radius 1 is 1.00 bits per heavy atom. The molecule has 2 N–H and O–H groups in total. The van der Waals surface area contributed by atoms with E-state index in [1.807, 2.05) is 0 Å². The number of nitrogens with one attached hydrogen (secondary N) is 2. The third kappa shape index (κ3) is 3.50. The summed E-state index contributed by atoms with van der Waals surface area (Å²) in [5, 5.41) is 4.84. The van der Waals surface area contributed by atoms with Gasteiger partial charge in [0.1, 0.15) is 11.5 Å². The van der Waals surface area contributed by atoms with Crippen molar-refractivity contribution in [1.29, 1.82) is 0 Å². The van der Waals surface area contributed by atoms with Gasteiger partial charge in [0.15, 0.2) is 11.6 Å². The van der Waals surface area contributed by atoms with Gasteiger partial charge in [-0.3, -0.25) is 4.79 Å². The molecule has 0 aromatic heterocycles. The summed E-state index contributed by atoms with van der Waals surface area (Å²) < 4.78 is 39.3. The van der Waals surface area contributed by atoms with Gasteiger partial charge >= 0.3 is 0 Å². The molecule has 2 rings (SSSR count). The standard InChI is InChI=1S/C14H11F3N2O/c15-9-6-11(16)14(12(17)7-9)18-8-13(20)19-10-4-2-1-3-5-10/h1-7,18H,8H2,(H,19,20). The summed E-state index contributed by atoms with van der Waals surface area (Å²) in [6.45, 7) is -0.339. The molecule has 0 aliphatic carbocycles. The Morgan fingerprint density at radius 3 is 2.20 bits per heavy atom. The van der Waals surface area contributed by atoms with Crippen molar-refractivity contribution < 1.29 is 18.0 Å². The first-order chi connectivity index (χ1) is 9.56. The van der Waals surface area contributed by atoms with Crippen LogP contribution in [0.4, 0.5) is 24.5 Å². The quantitative estimate of drug-likeness (QED) is 0.903. The molecule has 3 nitrogen and oxygen atoms in total. The molecule has 0 radical (unpaired) electrons. The van der Waals surface area contributed by atoms with E-state index in [0.717, 1.165) is 0 Å². The number of hydrogen-bond acceptors (Lipinski definition) is 2. The van der Waals surface area contributed by atoms with Crippen LogP contribution in [0.2, 0.25) is 0 Å². The van der Waals surface area contributed by atoms with Crippen molar-refractivity contribution in [1.82, 2.24) is 0 Å². The van der Waals surface area contributed by atoms with Crippen molar-refractivity contribution in [3.05, 3.63) is 59.9 Å². The zero-order chi connectivity index (χ0) is 14.5. The first-order valence-corrected chi connectivity index (χ1v) is 5.79. The van der Waals surface area contributed by atoms with E-state index >= 15 is 0 Å². The third-order valence-corrected chi connectivity index (χ3v) is 2.49. The lowest BCUT2D eigenvalue weighted by molar-refractivity contribution is -0.114. The molecule has 0 saturated heterocycles. The van der Waals surface area contributed by atoms with Gasteiger partial charge in [-0.25, -0.2) is 13.2 Å². The number of anilines is 2. The predicted molar refractivity (Wildman–Crippen MR) is 69.9 cm³/mol. The van der Waals surface area contributed by atoms with Gasteiger partial charge in [-0.1, -0.05) is 18.2 Å². The van der Waals surface area contributed by atoms with Crippen molar-refractivity contribution in [2.24, 2.45) is 0 Å². The van der Waals surface area contributed by atoms with Gasteiger partial charge in [0.25, 0.3) is 0 Å². The van der Waals surface area contributed by atoms with Gasteiger partial charge in [-0.2, -0.15) is 0 Å². The normalized spacial score (nSPS) is 10.2. The third-order valence-electron chi connectivity index (χ3n) is 2.49. The van der Waals surface area contributed by atoms with Gasteiger partial charge in [-0.15, -0.1) is 0 Å². The molecule has 2 aromatic carbocycles. The van der Waals surface area contributed by atoms with E-state index in [2.05, 4.69) is 10.6 Å². The zero-order valence-corrected chi connectivity index (χ0v) is 10.3. The highest BCUT2D eigenvalue weighted by Crippen LogP contribution is 2.19. The molecule has 0 unspecified atom stereocenters. The molecule has 0 fully saturated rings. The highest BCUT2D eigenvalue weighted by molar-refractivity contribution is 5.93. The second-order valence-electron chi connectivity index (χ2n) is 4.01. The van der Waals surface area contributed by atoms with Gasteiger partial charge in [0.2, 0.25) is 5.91 Å². The highest BCUT2D eigenvalue weighted by Gasteiger charge is 2.12. The molecule has 1 amide bonds. The maximum absolute atomic E-state index is 13.3. The van der Waals surface area contributed by atoms with Crippen molar-refractivity contribution in [2.75, 3.05) is 17.2 Å². The molecule has 0 spiro atoms. The number of carbonyl (C=O) groups excluding carboxylic acids is 1. The smallest absolute Gasteiger partial charge is 0.243 e. The Labute approximate surface area is 113 Å². The number of rotatable bonds is 4. The largest absolute Gasteiger partial charge is 0.371 e. The van der Waals surface area contributed by atoms with Crippen LogP contribution in [-0.2, 0) is 4.79 Å². The van der Waals surface area contributed by atoms with E-state index in [9.17, 15) is 18.0 Å². The molecule has 20 heavy (non-hydrogen) atoms. The summed E-state index contributed by atoms with van der Waals surface area (Å²) in [5.41, 5.74) is 0.0361. The topological polar surface area (TPSA) is 41.1 Å². The Balaban J connectivity index is 1.97. The molecule has 0 heterocycles. The molecule has 104 valence electrons. The fourth-order valence-electron chi connectivity index (χ4n) is 1.61. The predicted octanol–water partition coefficient (Wildman–Crippen LogP) is 3.15. The Hall–Kier alpha value is -2.50. The first-order valence-electron chi connectivity index (χ1n) is 5.79. The second kappa shape index (κ2) is 6.10. The number of benzene rings is 2. The van der Waals surface area contributed by atoms with Crippen LogP contribution < -0.4 is 10.6 Å². The molecule has 0 saturated carbocycles. The average molecular weight is 280 g/mol. The minimum atomic E-state index is -1.09. The Kier molecular flexibility index (Phi) is 4.24. The summed E-state index contributed by atoms with van der Waals surface area (Å²) in [7, 11) is 0. The van der Waals surface area contributed by atoms with Crippen LogP contribution in [-0.4, -0.2) is 12.5 Å². The van der Waals surface area contributed by atoms with E-state index in [4.69, 9.17) is 0 Å². The number of para-hydroxylation sites is 1. The van der Waals surface area contributed by atoms with Gasteiger partial charge in [0, 0.05) is 17.8 Å². The van der Waals surface area contributed by atoms with Crippen LogP contribution in [0.5, 0.6) is 0 Å². The molecule has 0 atom stereocenters. The maximum atomic E-state index is 13.3. The number of carbonyl (C=O) groups is 1. The summed E-state index contributed by atoms with van der Waals surface area (Å²) in [4.78, 5) is 11.6. The molecule has 0 bridgehead atoms. The van der Waals surface area contributed by atoms with Crippen molar-refractivity contribution in [2.45, 2.75) is 0 Å².